The first kappa shape index (κ1) is 12.3. The van der Waals surface area contributed by atoms with E-state index >= 15 is 0 Å². The molecular formula is C16H14ClNO. The minimum atomic E-state index is 0.652. The molecule has 0 fully saturated rings. The van der Waals surface area contributed by atoms with Crippen molar-refractivity contribution in [3.05, 3.63) is 59.3 Å². The van der Waals surface area contributed by atoms with Crippen LogP contribution < -0.4 is 5.32 Å². The summed E-state index contributed by atoms with van der Waals surface area (Å²) in [5.41, 5.74) is 3.02. The third kappa shape index (κ3) is 2.37. The highest BCUT2D eigenvalue weighted by Gasteiger charge is 2.09. The van der Waals surface area contributed by atoms with E-state index in [0.29, 0.717) is 11.6 Å². The molecule has 19 heavy (non-hydrogen) atoms. The Morgan fingerprint density at radius 1 is 1.05 bits per heavy atom. The lowest BCUT2D eigenvalue weighted by atomic mass is 10.0. The van der Waals surface area contributed by atoms with E-state index in [9.17, 15) is 0 Å². The second-order valence-corrected chi connectivity index (χ2v) is 4.89. The molecule has 3 heteroatoms. The molecule has 0 aliphatic rings. The van der Waals surface area contributed by atoms with Crippen LogP contribution in [0.3, 0.4) is 0 Å². The zero-order valence-electron chi connectivity index (χ0n) is 10.6. The van der Waals surface area contributed by atoms with E-state index in [2.05, 4.69) is 23.5 Å². The van der Waals surface area contributed by atoms with Gasteiger partial charge in [-0.25, -0.2) is 0 Å². The monoisotopic (exact) mass is 271 g/mol. The highest BCUT2D eigenvalue weighted by Crippen LogP contribution is 2.32. The summed E-state index contributed by atoms with van der Waals surface area (Å²) in [5.74, 6) is 0.893. The summed E-state index contributed by atoms with van der Waals surface area (Å²) >= 11 is 6.31. The molecule has 0 aliphatic heterocycles. The molecule has 1 aromatic heterocycles. The molecule has 0 spiro atoms. The lowest BCUT2D eigenvalue weighted by molar-refractivity contribution is 0.531. The average Bonchev–Trinajstić information content (AvgIpc) is 2.83. The van der Waals surface area contributed by atoms with Gasteiger partial charge in [0.1, 0.15) is 5.76 Å². The van der Waals surface area contributed by atoms with Crippen molar-refractivity contribution < 1.29 is 4.42 Å². The van der Waals surface area contributed by atoms with E-state index in [1.54, 1.807) is 0 Å². The number of hydrogen-bond acceptors (Lipinski definition) is 2. The van der Waals surface area contributed by atoms with E-state index in [4.69, 9.17) is 16.0 Å². The van der Waals surface area contributed by atoms with Crippen LogP contribution in [-0.4, -0.2) is 7.05 Å². The Bertz CT molecular complexity index is 703. The average molecular weight is 272 g/mol. The van der Waals surface area contributed by atoms with Crippen LogP contribution in [0, 0.1) is 0 Å². The Hall–Kier alpha value is -1.77. The number of nitrogens with one attached hydrogen (secondary N) is 1. The zero-order chi connectivity index (χ0) is 13.2. The van der Waals surface area contributed by atoms with Crippen molar-refractivity contribution in [3.8, 4) is 11.1 Å². The quantitative estimate of drug-likeness (QED) is 0.760. The molecule has 0 saturated heterocycles. The third-order valence-corrected chi connectivity index (χ3v) is 3.36. The van der Waals surface area contributed by atoms with Crippen LogP contribution in [0.2, 0.25) is 5.02 Å². The maximum absolute atomic E-state index is 6.31. The Morgan fingerprint density at radius 2 is 1.84 bits per heavy atom. The second-order valence-electron chi connectivity index (χ2n) is 4.49. The molecule has 0 amide bonds. The molecule has 3 aromatic rings. The molecule has 0 unspecified atom stereocenters. The standard InChI is InChI=1S/C16H14ClNO/c1-18-10-14-8-13-7-12(9-15(17)16(13)19-14)11-5-3-2-4-6-11/h2-9,18H,10H2,1H3. The van der Waals surface area contributed by atoms with E-state index < -0.39 is 0 Å². The molecule has 1 N–H and O–H groups in total. The van der Waals surface area contributed by atoms with Crippen LogP contribution in [0.1, 0.15) is 5.76 Å². The second kappa shape index (κ2) is 5.08. The van der Waals surface area contributed by atoms with Crippen molar-refractivity contribution >= 4 is 22.6 Å². The van der Waals surface area contributed by atoms with Gasteiger partial charge in [-0.15, -0.1) is 0 Å². The maximum atomic E-state index is 6.31. The predicted octanol–water partition coefficient (Wildman–Crippen LogP) is 4.47. The fraction of sp³-hybridized carbons (Fsp3) is 0.125. The molecule has 2 aromatic carbocycles. The topological polar surface area (TPSA) is 25.2 Å². The van der Waals surface area contributed by atoms with Crippen molar-refractivity contribution in [2.24, 2.45) is 0 Å². The van der Waals surface area contributed by atoms with Crippen LogP contribution in [0.25, 0.3) is 22.1 Å². The zero-order valence-corrected chi connectivity index (χ0v) is 11.4. The van der Waals surface area contributed by atoms with E-state index in [-0.39, 0.29) is 0 Å². The van der Waals surface area contributed by atoms with Crippen LogP contribution in [0.5, 0.6) is 0 Å². The lowest BCUT2D eigenvalue weighted by Gasteiger charge is -2.02. The predicted molar refractivity (Wildman–Crippen MR) is 79.4 cm³/mol. The SMILES string of the molecule is CNCc1cc2cc(-c3ccccc3)cc(Cl)c2o1. The van der Waals surface area contributed by atoms with Crippen molar-refractivity contribution in [2.45, 2.75) is 6.54 Å². The number of halogens is 1. The molecule has 96 valence electrons. The number of benzene rings is 2. The van der Waals surface area contributed by atoms with Gasteiger partial charge in [0.15, 0.2) is 5.58 Å². The van der Waals surface area contributed by atoms with Gasteiger partial charge in [-0.3, -0.25) is 0 Å². The fourth-order valence-electron chi connectivity index (χ4n) is 2.22. The summed E-state index contributed by atoms with van der Waals surface area (Å²) in [7, 11) is 1.89. The summed E-state index contributed by atoms with van der Waals surface area (Å²) in [6.45, 7) is 0.700. The summed E-state index contributed by atoms with van der Waals surface area (Å²) < 4.78 is 5.74. The smallest absolute Gasteiger partial charge is 0.152 e. The fourth-order valence-corrected chi connectivity index (χ4v) is 2.49. The van der Waals surface area contributed by atoms with Crippen LogP contribution in [0.4, 0.5) is 0 Å². The number of furan rings is 1. The van der Waals surface area contributed by atoms with Gasteiger partial charge in [0.05, 0.1) is 11.6 Å². The van der Waals surface area contributed by atoms with Crippen molar-refractivity contribution in [3.63, 3.8) is 0 Å². The largest absolute Gasteiger partial charge is 0.458 e. The Labute approximate surface area is 117 Å². The number of hydrogen-bond donors (Lipinski definition) is 1. The summed E-state index contributed by atoms with van der Waals surface area (Å²) in [4.78, 5) is 0. The molecule has 0 saturated carbocycles. The van der Waals surface area contributed by atoms with Gasteiger partial charge in [0.25, 0.3) is 0 Å². The highest BCUT2D eigenvalue weighted by atomic mass is 35.5. The van der Waals surface area contributed by atoms with Crippen molar-refractivity contribution in [2.75, 3.05) is 7.05 Å². The Morgan fingerprint density at radius 3 is 2.58 bits per heavy atom. The molecular weight excluding hydrogens is 258 g/mol. The summed E-state index contributed by atoms with van der Waals surface area (Å²) in [6.07, 6.45) is 0. The van der Waals surface area contributed by atoms with Crippen molar-refractivity contribution in [1.29, 1.82) is 0 Å². The van der Waals surface area contributed by atoms with Crippen LogP contribution >= 0.6 is 11.6 Å². The highest BCUT2D eigenvalue weighted by molar-refractivity contribution is 6.35. The minimum absolute atomic E-state index is 0.652. The summed E-state index contributed by atoms with van der Waals surface area (Å²) in [5, 5.41) is 4.76. The van der Waals surface area contributed by atoms with E-state index in [1.807, 2.05) is 37.4 Å². The molecule has 3 rings (SSSR count). The van der Waals surface area contributed by atoms with Gasteiger partial charge in [0.2, 0.25) is 0 Å². The molecule has 0 bridgehead atoms. The van der Waals surface area contributed by atoms with E-state index in [1.165, 1.54) is 0 Å². The normalized spacial score (nSPS) is 11.1. The Kier molecular flexibility index (Phi) is 3.28. The minimum Gasteiger partial charge on any atom is -0.458 e. The summed E-state index contributed by atoms with van der Waals surface area (Å²) in [6, 6.07) is 16.3. The van der Waals surface area contributed by atoms with Gasteiger partial charge in [-0.2, -0.15) is 0 Å². The van der Waals surface area contributed by atoms with Gasteiger partial charge < -0.3 is 9.73 Å². The first-order chi connectivity index (χ1) is 9.28. The van der Waals surface area contributed by atoms with Crippen LogP contribution in [-0.2, 0) is 6.54 Å². The number of fused-ring (bicyclic) bond motifs is 1. The molecule has 0 aliphatic carbocycles. The first-order valence-electron chi connectivity index (χ1n) is 6.20. The van der Waals surface area contributed by atoms with Gasteiger partial charge >= 0.3 is 0 Å². The third-order valence-electron chi connectivity index (χ3n) is 3.08. The lowest BCUT2D eigenvalue weighted by Crippen LogP contribution is -2.03. The van der Waals surface area contributed by atoms with Crippen LogP contribution in [0.15, 0.2) is 52.9 Å². The first-order valence-corrected chi connectivity index (χ1v) is 6.58. The molecule has 0 radical (unpaired) electrons. The van der Waals surface area contributed by atoms with E-state index in [0.717, 1.165) is 27.9 Å². The van der Waals surface area contributed by atoms with Crippen molar-refractivity contribution in [1.82, 2.24) is 5.32 Å². The maximum Gasteiger partial charge on any atom is 0.152 e. The number of rotatable bonds is 3. The molecule has 2 nitrogen and oxygen atoms in total. The van der Waals surface area contributed by atoms with Gasteiger partial charge in [-0.05, 0) is 36.4 Å². The Balaban J connectivity index is 2.13. The van der Waals surface area contributed by atoms with Gasteiger partial charge in [0, 0.05) is 5.39 Å². The molecule has 0 atom stereocenters. The molecule has 1 heterocycles. The van der Waals surface area contributed by atoms with Gasteiger partial charge in [-0.1, -0.05) is 41.9 Å².